The molecule has 0 radical (unpaired) electrons. The molecule has 40 heavy (non-hydrogen) atoms. The van der Waals surface area contributed by atoms with Crippen molar-refractivity contribution in [2.45, 2.75) is 13.8 Å². The number of benzene rings is 4. The van der Waals surface area contributed by atoms with Crippen molar-refractivity contribution < 1.29 is 19.2 Å². The summed E-state index contributed by atoms with van der Waals surface area (Å²) in [4.78, 5) is 49.2. The van der Waals surface area contributed by atoms with Crippen molar-refractivity contribution in [2.24, 2.45) is 0 Å². The van der Waals surface area contributed by atoms with Gasteiger partial charge in [0.25, 0.3) is 0 Å². The van der Waals surface area contributed by atoms with E-state index in [9.17, 15) is 19.2 Å². The number of nitrogens with zero attached hydrogens (tertiary/aromatic N) is 3. The van der Waals surface area contributed by atoms with Gasteiger partial charge < -0.3 is 4.79 Å². The molecule has 0 saturated heterocycles. The smallest absolute Gasteiger partial charge is 0.193 e. The average Bonchev–Trinajstić information content (AvgIpc) is 2.99. The van der Waals surface area contributed by atoms with Crippen molar-refractivity contribution in [3.05, 3.63) is 141 Å². The van der Waals surface area contributed by atoms with Gasteiger partial charge in [0.1, 0.15) is 5.78 Å². The van der Waals surface area contributed by atoms with Crippen molar-refractivity contribution in [3.8, 4) is 18.2 Å². The zero-order valence-corrected chi connectivity index (χ0v) is 21.6. The van der Waals surface area contributed by atoms with Gasteiger partial charge in [-0.05, 0) is 105 Å². The van der Waals surface area contributed by atoms with Crippen LogP contribution in [0.2, 0.25) is 0 Å². The van der Waals surface area contributed by atoms with E-state index in [0.717, 1.165) is 0 Å². The number of hydrogen-bond acceptors (Lipinski definition) is 7. The van der Waals surface area contributed by atoms with Crippen LogP contribution in [0.15, 0.2) is 91.0 Å². The highest BCUT2D eigenvalue weighted by atomic mass is 16.1. The molecular weight excluding hydrogens is 502 g/mol. The highest BCUT2D eigenvalue weighted by Crippen LogP contribution is 2.21. The van der Waals surface area contributed by atoms with Crippen LogP contribution < -0.4 is 0 Å². The SMILES string of the molecule is CC(C)=O.N#Cc1ccc(C(=O)c2cc(C(=O)c3ccc(C#N)cc3)cc(C(=O)c3ccc(C#N)cc3)c2)cc1. The number of nitriles is 3. The summed E-state index contributed by atoms with van der Waals surface area (Å²) in [5.41, 5.74) is 2.49. The summed E-state index contributed by atoms with van der Waals surface area (Å²) in [6.07, 6.45) is 0. The second-order valence-electron chi connectivity index (χ2n) is 8.76. The Labute approximate surface area is 231 Å². The van der Waals surface area contributed by atoms with E-state index in [1.54, 1.807) is 0 Å². The van der Waals surface area contributed by atoms with Crippen LogP contribution in [0.1, 0.15) is 78.3 Å². The first-order valence-corrected chi connectivity index (χ1v) is 11.9. The van der Waals surface area contributed by atoms with Gasteiger partial charge >= 0.3 is 0 Å². The first kappa shape index (κ1) is 28.6. The minimum Gasteiger partial charge on any atom is -0.300 e. The Balaban J connectivity index is 0.00000103. The summed E-state index contributed by atoms with van der Waals surface area (Å²) in [6, 6.07) is 28.4. The van der Waals surface area contributed by atoms with Gasteiger partial charge in [0.2, 0.25) is 0 Å². The van der Waals surface area contributed by atoms with Gasteiger partial charge in [0.15, 0.2) is 17.3 Å². The topological polar surface area (TPSA) is 140 Å². The van der Waals surface area contributed by atoms with Crippen LogP contribution in [-0.2, 0) is 4.79 Å². The van der Waals surface area contributed by atoms with E-state index in [4.69, 9.17) is 15.8 Å². The van der Waals surface area contributed by atoms with Crippen LogP contribution in [0.4, 0.5) is 0 Å². The maximum absolute atomic E-state index is 13.3. The Kier molecular flexibility index (Phi) is 9.30. The Bertz CT molecular complexity index is 1520. The molecule has 0 aliphatic carbocycles. The molecular formula is C33H21N3O4. The maximum Gasteiger partial charge on any atom is 0.193 e. The predicted molar refractivity (Wildman–Crippen MR) is 147 cm³/mol. The van der Waals surface area contributed by atoms with E-state index >= 15 is 0 Å². The third-order valence-electron chi connectivity index (χ3n) is 5.55. The minimum atomic E-state index is -0.414. The Hall–Kier alpha value is -5.97. The molecule has 0 N–H and O–H groups in total. The third kappa shape index (κ3) is 7.07. The molecule has 0 bridgehead atoms. The maximum atomic E-state index is 13.3. The Morgan fingerprint density at radius 3 is 0.800 bits per heavy atom. The van der Waals surface area contributed by atoms with E-state index in [-0.39, 0.29) is 22.5 Å². The van der Waals surface area contributed by atoms with Crippen molar-refractivity contribution in [3.63, 3.8) is 0 Å². The minimum absolute atomic E-state index is 0.135. The molecule has 0 saturated carbocycles. The highest BCUT2D eigenvalue weighted by Gasteiger charge is 2.19. The predicted octanol–water partition coefficient (Wildman–Crippen LogP) is 5.59. The zero-order chi connectivity index (χ0) is 29.2. The summed E-state index contributed by atoms with van der Waals surface area (Å²) >= 11 is 0. The quantitative estimate of drug-likeness (QED) is 0.300. The summed E-state index contributed by atoms with van der Waals surface area (Å²) in [5.74, 6) is -1.08. The molecule has 192 valence electrons. The van der Waals surface area contributed by atoms with Gasteiger partial charge in [-0.25, -0.2) is 0 Å². The molecule has 0 aromatic heterocycles. The molecule has 0 atom stereocenters. The van der Waals surface area contributed by atoms with Crippen LogP contribution in [0.25, 0.3) is 0 Å². The van der Waals surface area contributed by atoms with Crippen LogP contribution in [0.5, 0.6) is 0 Å². The molecule has 0 aliphatic rings. The third-order valence-corrected chi connectivity index (χ3v) is 5.55. The van der Waals surface area contributed by atoms with E-state index < -0.39 is 17.3 Å². The van der Waals surface area contributed by atoms with Crippen molar-refractivity contribution in [1.82, 2.24) is 0 Å². The fraction of sp³-hybridized carbons (Fsp3) is 0.0606. The van der Waals surface area contributed by atoms with Crippen molar-refractivity contribution in [1.29, 1.82) is 15.8 Å². The number of rotatable bonds is 6. The van der Waals surface area contributed by atoms with Gasteiger partial charge in [-0.1, -0.05) is 0 Å². The standard InChI is InChI=1S/C30H15N3O3.C3H6O/c31-16-19-1-7-22(8-2-19)28(34)25-13-26(29(35)23-9-3-20(17-32)4-10-23)15-27(14-25)30(36)24-11-5-21(18-33)6-12-24;1-3(2)4/h1-15H;1-2H3. The highest BCUT2D eigenvalue weighted by molar-refractivity contribution is 6.17. The van der Waals surface area contributed by atoms with Gasteiger partial charge in [-0.15, -0.1) is 0 Å². The zero-order valence-electron chi connectivity index (χ0n) is 21.6. The first-order chi connectivity index (χ1) is 19.2. The largest absolute Gasteiger partial charge is 0.300 e. The van der Waals surface area contributed by atoms with Crippen molar-refractivity contribution >= 4 is 23.1 Å². The number of Topliss-reactive ketones (excluding diaryl/α,β-unsaturated/α-hetero) is 1. The molecule has 0 amide bonds. The molecule has 0 unspecified atom stereocenters. The molecule has 7 nitrogen and oxygen atoms in total. The summed E-state index contributed by atoms with van der Waals surface area (Å²) in [7, 11) is 0. The average molecular weight is 524 g/mol. The second kappa shape index (κ2) is 13.0. The monoisotopic (exact) mass is 523 g/mol. The Morgan fingerprint density at radius 2 is 0.625 bits per heavy atom. The van der Waals surface area contributed by atoms with Gasteiger partial charge in [0, 0.05) is 33.4 Å². The Morgan fingerprint density at radius 1 is 0.425 bits per heavy atom. The summed E-state index contributed by atoms with van der Waals surface area (Å²) in [6.45, 7) is 3.06. The van der Waals surface area contributed by atoms with E-state index in [1.165, 1.54) is 105 Å². The lowest BCUT2D eigenvalue weighted by Gasteiger charge is -2.10. The van der Waals surface area contributed by atoms with Gasteiger partial charge in [0.05, 0.1) is 34.9 Å². The van der Waals surface area contributed by atoms with Gasteiger partial charge in [-0.2, -0.15) is 15.8 Å². The number of carbonyl (C=O) groups excluding carboxylic acids is 4. The first-order valence-electron chi connectivity index (χ1n) is 11.9. The summed E-state index contributed by atoms with van der Waals surface area (Å²) in [5, 5.41) is 27.0. The number of carbonyl (C=O) groups is 4. The number of hydrogen-bond donors (Lipinski definition) is 0. The fourth-order valence-electron chi connectivity index (χ4n) is 3.61. The number of ketones is 4. The lowest BCUT2D eigenvalue weighted by atomic mass is 9.92. The lowest BCUT2D eigenvalue weighted by Crippen LogP contribution is -2.10. The lowest BCUT2D eigenvalue weighted by molar-refractivity contribution is -0.115. The molecule has 4 rings (SSSR count). The van der Waals surface area contributed by atoms with Crippen LogP contribution >= 0.6 is 0 Å². The van der Waals surface area contributed by atoms with Crippen LogP contribution in [0, 0.1) is 34.0 Å². The van der Waals surface area contributed by atoms with Crippen molar-refractivity contribution in [2.75, 3.05) is 0 Å². The molecule has 0 spiro atoms. The normalized spacial score (nSPS) is 9.57. The fourth-order valence-corrected chi connectivity index (χ4v) is 3.61. The molecule has 0 heterocycles. The molecule has 4 aromatic carbocycles. The van der Waals surface area contributed by atoms with Crippen LogP contribution in [-0.4, -0.2) is 23.1 Å². The van der Waals surface area contributed by atoms with Crippen LogP contribution in [0.3, 0.4) is 0 Å². The molecule has 0 aliphatic heterocycles. The van der Waals surface area contributed by atoms with Gasteiger partial charge in [-0.3, -0.25) is 14.4 Å². The molecule has 0 fully saturated rings. The molecule has 7 heteroatoms. The van der Waals surface area contributed by atoms with E-state index in [0.29, 0.717) is 33.4 Å². The summed E-state index contributed by atoms with van der Waals surface area (Å²) < 4.78 is 0. The van der Waals surface area contributed by atoms with E-state index in [2.05, 4.69) is 0 Å². The second-order valence-corrected chi connectivity index (χ2v) is 8.76. The van der Waals surface area contributed by atoms with E-state index in [1.807, 2.05) is 18.2 Å². The molecule has 4 aromatic rings.